The van der Waals surface area contributed by atoms with Crippen molar-refractivity contribution in [2.24, 2.45) is 0 Å². The van der Waals surface area contributed by atoms with Gasteiger partial charge in [0.1, 0.15) is 18.4 Å². The summed E-state index contributed by atoms with van der Waals surface area (Å²) in [5.41, 5.74) is 1.42. The molecule has 16 heteroatoms. The van der Waals surface area contributed by atoms with Crippen LogP contribution in [0.3, 0.4) is 0 Å². The van der Waals surface area contributed by atoms with E-state index < -0.39 is 30.5 Å². The van der Waals surface area contributed by atoms with Crippen LogP contribution in [0.25, 0.3) is 0 Å². The average Bonchev–Trinajstić information content (AvgIpc) is 3.04. The number of hydrogen-bond acceptors (Lipinski definition) is 9. The molecule has 2 fully saturated rings. The molecule has 0 aromatic heterocycles. The Bertz CT molecular complexity index is 1260. The number of alkyl halides is 3. The molecule has 12 nitrogen and oxygen atoms in total. The van der Waals surface area contributed by atoms with E-state index in [2.05, 4.69) is 9.64 Å². The Morgan fingerprint density at radius 1 is 0.915 bits per heavy atom. The van der Waals surface area contributed by atoms with Crippen LogP contribution in [0, 0.1) is 5.82 Å². The first-order valence-electron chi connectivity index (χ1n) is 14.8. The van der Waals surface area contributed by atoms with E-state index in [0.29, 0.717) is 18.9 Å². The number of amides is 1. The minimum atomic E-state index is -4.77. The number of ether oxygens (including phenoxy) is 3. The predicted octanol–water partition coefficient (Wildman–Crippen LogP) is 2.79. The van der Waals surface area contributed by atoms with Crippen LogP contribution in [-0.2, 0) is 36.8 Å². The van der Waals surface area contributed by atoms with E-state index in [1.54, 1.807) is 12.1 Å². The average molecular weight is 675 g/mol. The lowest BCUT2D eigenvalue weighted by Crippen LogP contribution is -2.48. The van der Waals surface area contributed by atoms with Crippen molar-refractivity contribution >= 4 is 17.8 Å². The summed E-state index contributed by atoms with van der Waals surface area (Å²) in [5, 5.41) is 32.5. The highest BCUT2D eigenvalue weighted by Gasteiger charge is 2.32. The van der Waals surface area contributed by atoms with Gasteiger partial charge in [0.15, 0.2) is 12.2 Å². The normalized spacial score (nSPS) is 18.7. The number of carbonyl (C=O) groups excluding carboxylic acids is 1. The number of aliphatic hydroxyl groups excluding tert-OH is 2. The molecule has 0 radical (unpaired) electrons. The number of nitrogens with zero attached hydrogens (tertiary/aromatic N) is 2. The number of aliphatic hydroxyl groups is 2. The summed E-state index contributed by atoms with van der Waals surface area (Å²) < 4.78 is 65.5. The van der Waals surface area contributed by atoms with Gasteiger partial charge in [0.2, 0.25) is 5.91 Å². The molecule has 3 atom stereocenters. The van der Waals surface area contributed by atoms with E-state index in [1.165, 1.54) is 36.4 Å². The predicted molar refractivity (Wildman–Crippen MR) is 155 cm³/mol. The Morgan fingerprint density at radius 2 is 1.49 bits per heavy atom. The van der Waals surface area contributed by atoms with Gasteiger partial charge in [-0.3, -0.25) is 4.79 Å². The SMILES string of the molecule is O=C(Cc1ccc(OC(F)(F)F)cc1)N(Cc1ccc(F)cc1)C1CCN(CCC2CCOCO2)CC1.O=C(O)C(O)C(O)C(=O)O. The highest BCUT2D eigenvalue weighted by molar-refractivity contribution is 5.83. The monoisotopic (exact) mass is 674 g/mol. The molecule has 2 heterocycles. The van der Waals surface area contributed by atoms with Gasteiger partial charge in [-0.2, -0.15) is 0 Å². The molecule has 4 N–H and O–H groups in total. The third-order valence-electron chi connectivity index (χ3n) is 7.64. The van der Waals surface area contributed by atoms with Gasteiger partial charge >= 0.3 is 18.3 Å². The van der Waals surface area contributed by atoms with E-state index in [0.717, 1.165) is 57.5 Å². The first kappa shape index (κ1) is 37.6. The zero-order valence-corrected chi connectivity index (χ0v) is 25.4. The standard InChI is InChI=1S/C27H32F4N2O4.C4H6O6/c28-22-5-1-21(2-6-22)18-33(26(34)17-20-3-7-25(8-4-20)37-27(29,30)31)23-9-13-32(14-10-23)15-11-24-12-16-35-19-36-24;5-1(3(7)8)2(6)4(9)10/h1-8,23-24H,9-19H2;1-2,5-6H,(H,7,8)(H,9,10). The van der Waals surface area contributed by atoms with Crippen LogP contribution in [0.2, 0.25) is 0 Å². The quantitative estimate of drug-likeness (QED) is 0.245. The maximum atomic E-state index is 13.4. The van der Waals surface area contributed by atoms with E-state index in [1.807, 2.05) is 4.90 Å². The highest BCUT2D eigenvalue weighted by atomic mass is 19.4. The van der Waals surface area contributed by atoms with Crippen molar-refractivity contribution in [2.75, 3.05) is 33.0 Å². The molecule has 0 aliphatic carbocycles. The number of carbonyl (C=O) groups is 3. The number of hydrogen-bond donors (Lipinski definition) is 4. The Labute approximate surface area is 268 Å². The van der Waals surface area contributed by atoms with Gasteiger partial charge < -0.3 is 44.4 Å². The Balaban J connectivity index is 0.000000520. The van der Waals surface area contributed by atoms with Crippen molar-refractivity contribution in [2.45, 2.75) is 69.4 Å². The maximum absolute atomic E-state index is 13.4. The fraction of sp³-hybridized carbons (Fsp3) is 0.516. The number of benzene rings is 2. The summed E-state index contributed by atoms with van der Waals surface area (Å²) >= 11 is 0. The summed E-state index contributed by atoms with van der Waals surface area (Å²) in [6.45, 7) is 4.05. The first-order valence-corrected chi connectivity index (χ1v) is 14.8. The largest absolute Gasteiger partial charge is 0.573 e. The number of carboxylic acid groups (broad SMARTS) is 2. The van der Waals surface area contributed by atoms with Gasteiger partial charge in [-0.15, -0.1) is 13.2 Å². The van der Waals surface area contributed by atoms with Crippen LogP contribution in [0.15, 0.2) is 48.5 Å². The fourth-order valence-electron chi connectivity index (χ4n) is 5.07. The third kappa shape index (κ3) is 13.1. The minimum absolute atomic E-state index is 0.0148. The fourth-order valence-corrected chi connectivity index (χ4v) is 5.07. The second-order valence-corrected chi connectivity index (χ2v) is 11.0. The minimum Gasteiger partial charge on any atom is -0.479 e. The summed E-state index contributed by atoms with van der Waals surface area (Å²) in [5.74, 6) is -4.33. The van der Waals surface area contributed by atoms with Crippen LogP contribution in [0.4, 0.5) is 17.6 Å². The van der Waals surface area contributed by atoms with Crippen LogP contribution in [-0.4, -0.2) is 112 Å². The number of likely N-dealkylation sites (tertiary alicyclic amines) is 1. The summed E-state index contributed by atoms with van der Waals surface area (Å²) in [7, 11) is 0. The molecule has 2 aliphatic rings. The first-order chi connectivity index (χ1) is 22.2. The molecule has 2 aromatic carbocycles. The van der Waals surface area contributed by atoms with Crippen LogP contribution >= 0.6 is 0 Å². The second kappa shape index (κ2) is 17.9. The van der Waals surface area contributed by atoms with Crippen molar-refractivity contribution in [3.8, 4) is 5.75 Å². The van der Waals surface area contributed by atoms with E-state index >= 15 is 0 Å². The van der Waals surface area contributed by atoms with Gasteiger partial charge in [0.05, 0.1) is 19.1 Å². The van der Waals surface area contributed by atoms with Crippen LogP contribution < -0.4 is 4.74 Å². The molecule has 47 heavy (non-hydrogen) atoms. The second-order valence-electron chi connectivity index (χ2n) is 11.0. The van der Waals surface area contributed by atoms with Gasteiger partial charge in [0, 0.05) is 32.2 Å². The van der Waals surface area contributed by atoms with Gasteiger partial charge in [-0.05, 0) is 61.1 Å². The van der Waals surface area contributed by atoms with Crippen LogP contribution in [0.5, 0.6) is 5.75 Å². The summed E-state index contributed by atoms with van der Waals surface area (Å²) in [6.07, 6.45) is -5.57. The van der Waals surface area contributed by atoms with Gasteiger partial charge in [0.25, 0.3) is 0 Å². The van der Waals surface area contributed by atoms with E-state index in [-0.39, 0.29) is 36.0 Å². The van der Waals surface area contributed by atoms with Gasteiger partial charge in [-0.1, -0.05) is 24.3 Å². The zero-order valence-electron chi connectivity index (χ0n) is 25.4. The van der Waals surface area contributed by atoms with Crippen molar-refractivity contribution in [1.29, 1.82) is 0 Å². The Kier molecular flexibility index (Phi) is 14.3. The lowest BCUT2D eigenvalue weighted by molar-refractivity contribution is -0.274. The number of halogens is 4. The molecule has 0 bridgehead atoms. The molecule has 260 valence electrons. The maximum Gasteiger partial charge on any atom is 0.573 e. The van der Waals surface area contributed by atoms with Crippen molar-refractivity contribution in [1.82, 2.24) is 9.80 Å². The molecule has 4 rings (SSSR count). The number of rotatable bonds is 12. The zero-order chi connectivity index (χ0) is 34.6. The Morgan fingerprint density at radius 3 is 2.00 bits per heavy atom. The molecular weight excluding hydrogens is 636 g/mol. The number of aliphatic carboxylic acids is 2. The molecule has 1 amide bonds. The highest BCUT2D eigenvalue weighted by Crippen LogP contribution is 2.25. The molecule has 2 saturated heterocycles. The molecular formula is C31H38F4N2O10. The molecule has 2 aliphatic heterocycles. The third-order valence-corrected chi connectivity index (χ3v) is 7.64. The number of piperidine rings is 1. The van der Waals surface area contributed by atoms with Crippen LogP contribution in [0.1, 0.15) is 36.8 Å². The smallest absolute Gasteiger partial charge is 0.479 e. The summed E-state index contributed by atoms with van der Waals surface area (Å²) in [4.78, 5) is 37.2. The lowest BCUT2D eigenvalue weighted by atomic mass is 10.00. The molecule has 2 aromatic rings. The summed E-state index contributed by atoms with van der Waals surface area (Å²) in [6, 6.07) is 11.5. The molecule has 0 spiro atoms. The molecule has 0 saturated carbocycles. The topological polar surface area (TPSA) is 166 Å². The van der Waals surface area contributed by atoms with E-state index in [4.69, 9.17) is 29.9 Å². The number of carboxylic acids is 2. The van der Waals surface area contributed by atoms with Crippen molar-refractivity contribution in [3.63, 3.8) is 0 Å². The van der Waals surface area contributed by atoms with Crippen molar-refractivity contribution < 1.29 is 66.6 Å². The molecule has 3 unspecified atom stereocenters. The van der Waals surface area contributed by atoms with Crippen molar-refractivity contribution in [3.05, 3.63) is 65.5 Å². The van der Waals surface area contributed by atoms with Gasteiger partial charge in [-0.25, -0.2) is 14.0 Å². The Hall–Kier alpha value is -3.83. The lowest BCUT2D eigenvalue weighted by Gasteiger charge is -2.39. The van der Waals surface area contributed by atoms with E-state index in [9.17, 15) is 31.9 Å².